The maximum atomic E-state index is 12.5. The summed E-state index contributed by atoms with van der Waals surface area (Å²) in [6, 6.07) is 14.7. The van der Waals surface area contributed by atoms with Gasteiger partial charge in [-0.3, -0.25) is 9.69 Å². The van der Waals surface area contributed by atoms with Crippen molar-refractivity contribution in [2.75, 3.05) is 25.0 Å². The van der Waals surface area contributed by atoms with Gasteiger partial charge in [-0.1, -0.05) is 35.9 Å². The molecule has 2 aromatic carbocycles. The summed E-state index contributed by atoms with van der Waals surface area (Å²) in [4.78, 5) is 18.3. The second-order valence-corrected chi connectivity index (χ2v) is 8.13. The number of aromatic nitrogens is 1. The molecule has 4 rings (SSSR count). The molecule has 4 heteroatoms. The Morgan fingerprint density at radius 3 is 2.61 bits per heavy atom. The minimum absolute atomic E-state index is 0.0775. The van der Waals surface area contributed by atoms with Gasteiger partial charge in [-0.2, -0.15) is 0 Å². The fourth-order valence-corrected chi connectivity index (χ4v) is 4.55. The number of hydrogen-bond acceptors (Lipinski definition) is 2. The Morgan fingerprint density at radius 2 is 1.86 bits per heavy atom. The number of H-pyrrole nitrogens is 1. The normalized spacial score (nSPS) is 15.8. The number of carbonyl (C=O) groups excluding carboxylic acids is 1. The van der Waals surface area contributed by atoms with Crippen molar-refractivity contribution in [3.63, 3.8) is 0 Å². The third-order valence-electron chi connectivity index (χ3n) is 5.96. The van der Waals surface area contributed by atoms with E-state index < -0.39 is 0 Å². The first-order valence-electron chi connectivity index (χ1n) is 10.2. The Hall–Kier alpha value is -2.59. The van der Waals surface area contributed by atoms with E-state index in [9.17, 15) is 4.79 Å². The largest absolute Gasteiger partial charge is 0.358 e. The van der Waals surface area contributed by atoms with E-state index in [4.69, 9.17) is 0 Å². The number of amides is 1. The average molecular weight is 376 g/mol. The van der Waals surface area contributed by atoms with Crippen molar-refractivity contribution in [1.29, 1.82) is 0 Å². The maximum Gasteiger partial charge on any atom is 0.238 e. The van der Waals surface area contributed by atoms with Gasteiger partial charge in [0.2, 0.25) is 5.91 Å². The van der Waals surface area contributed by atoms with Gasteiger partial charge < -0.3 is 10.3 Å². The van der Waals surface area contributed by atoms with Crippen molar-refractivity contribution in [2.45, 2.75) is 39.5 Å². The van der Waals surface area contributed by atoms with Crippen LogP contribution in [-0.4, -0.2) is 35.4 Å². The molecule has 1 fully saturated rings. The summed E-state index contributed by atoms with van der Waals surface area (Å²) in [6.45, 7) is 8.68. The van der Waals surface area contributed by atoms with E-state index in [0.717, 1.165) is 37.2 Å². The summed E-state index contributed by atoms with van der Waals surface area (Å²) in [5.74, 6) is 0.642. The topological polar surface area (TPSA) is 48.1 Å². The first-order chi connectivity index (χ1) is 13.5. The number of carbonyl (C=O) groups is 1. The Labute approximate surface area is 166 Å². The van der Waals surface area contributed by atoms with Gasteiger partial charge in [0.05, 0.1) is 6.54 Å². The molecule has 1 saturated heterocycles. The molecule has 0 spiro atoms. The number of aromatic amines is 1. The molecule has 4 nitrogen and oxygen atoms in total. The van der Waals surface area contributed by atoms with Crippen molar-refractivity contribution in [3.8, 4) is 0 Å². The molecule has 0 unspecified atom stereocenters. The highest BCUT2D eigenvalue weighted by molar-refractivity contribution is 5.93. The molecule has 0 aliphatic carbocycles. The van der Waals surface area contributed by atoms with Crippen molar-refractivity contribution < 1.29 is 4.79 Å². The number of aryl methyl sites for hydroxylation is 3. The molecule has 1 aliphatic rings. The second-order valence-electron chi connectivity index (χ2n) is 8.13. The van der Waals surface area contributed by atoms with Crippen LogP contribution in [0, 0.1) is 20.8 Å². The lowest BCUT2D eigenvalue weighted by molar-refractivity contribution is -0.117. The molecule has 0 saturated carbocycles. The van der Waals surface area contributed by atoms with Crippen molar-refractivity contribution >= 4 is 22.5 Å². The summed E-state index contributed by atoms with van der Waals surface area (Å²) >= 11 is 0. The molecule has 1 aromatic heterocycles. The molecular formula is C24H29N3O. The molecule has 2 N–H and O–H groups in total. The fraction of sp³-hybridized carbons (Fsp3) is 0.375. The summed E-state index contributed by atoms with van der Waals surface area (Å²) < 4.78 is 0. The van der Waals surface area contributed by atoms with E-state index >= 15 is 0 Å². The van der Waals surface area contributed by atoms with Crippen LogP contribution in [0.5, 0.6) is 0 Å². The number of fused-ring (bicyclic) bond motifs is 1. The molecule has 2 heterocycles. The van der Waals surface area contributed by atoms with E-state index in [1.165, 1.54) is 27.7 Å². The van der Waals surface area contributed by atoms with E-state index in [1.54, 1.807) is 0 Å². The molecule has 28 heavy (non-hydrogen) atoms. The molecule has 0 atom stereocenters. The van der Waals surface area contributed by atoms with E-state index in [0.29, 0.717) is 12.5 Å². The Balaban J connectivity index is 1.36. The SMILES string of the molecule is Cc1ccc(NC(=O)CN2CCC(c3c(C)[nH]c4ccccc34)CC2)c(C)c1. The smallest absolute Gasteiger partial charge is 0.238 e. The van der Waals surface area contributed by atoms with Gasteiger partial charge in [0, 0.05) is 22.3 Å². The molecule has 0 radical (unpaired) electrons. The number of nitrogens with zero attached hydrogens (tertiary/aromatic N) is 1. The average Bonchev–Trinajstić information content (AvgIpc) is 3.00. The fourth-order valence-electron chi connectivity index (χ4n) is 4.55. The van der Waals surface area contributed by atoms with Gasteiger partial charge in [0.15, 0.2) is 0 Å². The van der Waals surface area contributed by atoms with Crippen LogP contribution in [0.25, 0.3) is 10.9 Å². The van der Waals surface area contributed by atoms with Gasteiger partial charge >= 0.3 is 0 Å². The Kier molecular flexibility index (Phi) is 5.23. The predicted octanol–water partition coefficient (Wildman–Crippen LogP) is 4.91. The summed E-state index contributed by atoms with van der Waals surface area (Å²) in [5, 5.41) is 4.42. The Bertz CT molecular complexity index is 996. The monoisotopic (exact) mass is 375 g/mol. The minimum atomic E-state index is 0.0775. The second kappa shape index (κ2) is 7.80. The number of nitrogens with one attached hydrogen (secondary N) is 2. The number of piperidine rings is 1. The van der Waals surface area contributed by atoms with Crippen LogP contribution in [-0.2, 0) is 4.79 Å². The zero-order valence-electron chi connectivity index (χ0n) is 17.0. The number of likely N-dealkylation sites (tertiary alicyclic amines) is 1. The lowest BCUT2D eigenvalue weighted by atomic mass is 9.87. The predicted molar refractivity (Wildman–Crippen MR) is 116 cm³/mol. The number of rotatable bonds is 4. The van der Waals surface area contributed by atoms with Crippen LogP contribution in [0.1, 0.15) is 41.1 Å². The zero-order valence-corrected chi connectivity index (χ0v) is 17.0. The molecule has 0 bridgehead atoms. The molecule has 1 amide bonds. The molecule has 1 aliphatic heterocycles. The summed E-state index contributed by atoms with van der Waals surface area (Å²) in [7, 11) is 0. The number of benzene rings is 2. The number of para-hydroxylation sites is 1. The van der Waals surface area contributed by atoms with Gasteiger partial charge in [-0.25, -0.2) is 0 Å². The van der Waals surface area contributed by atoms with E-state index in [-0.39, 0.29) is 5.91 Å². The third-order valence-corrected chi connectivity index (χ3v) is 5.96. The minimum Gasteiger partial charge on any atom is -0.358 e. The van der Waals surface area contributed by atoms with Gasteiger partial charge in [-0.05, 0) is 75.9 Å². The molecular weight excluding hydrogens is 346 g/mol. The maximum absolute atomic E-state index is 12.5. The number of hydrogen-bond donors (Lipinski definition) is 2. The summed E-state index contributed by atoms with van der Waals surface area (Å²) in [6.07, 6.45) is 2.19. The van der Waals surface area contributed by atoms with Crippen LogP contribution in [0.4, 0.5) is 5.69 Å². The van der Waals surface area contributed by atoms with Crippen molar-refractivity contribution in [3.05, 3.63) is 64.8 Å². The van der Waals surface area contributed by atoms with Crippen LogP contribution in [0.15, 0.2) is 42.5 Å². The van der Waals surface area contributed by atoms with Gasteiger partial charge in [0.1, 0.15) is 0 Å². The highest BCUT2D eigenvalue weighted by atomic mass is 16.2. The van der Waals surface area contributed by atoms with E-state index in [2.05, 4.69) is 59.4 Å². The first-order valence-corrected chi connectivity index (χ1v) is 10.2. The lowest BCUT2D eigenvalue weighted by Crippen LogP contribution is -2.38. The van der Waals surface area contributed by atoms with Crippen LogP contribution >= 0.6 is 0 Å². The molecule has 3 aromatic rings. The standard InChI is InChI=1S/C24H29N3O/c1-16-8-9-21(17(2)14-16)26-23(28)15-27-12-10-19(11-13-27)24-18(3)25-22-7-5-4-6-20(22)24/h4-9,14,19,25H,10-13,15H2,1-3H3,(H,26,28). The van der Waals surface area contributed by atoms with Crippen LogP contribution in [0.3, 0.4) is 0 Å². The lowest BCUT2D eigenvalue weighted by Gasteiger charge is -2.32. The van der Waals surface area contributed by atoms with Crippen molar-refractivity contribution in [2.24, 2.45) is 0 Å². The van der Waals surface area contributed by atoms with Gasteiger partial charge in [0.25, 0.3) is 0 Å². The van der Waals surface area contributed by atoms with Crippen LogP contribution in [0.2, 0.25) is 0 Å². The molecule has 146 valence electrons. The number of anilines is 1. The van der Waals surface area contributed by atoms with E-state index in [1.807, 2.05) is 19.1 Å². The first kappa shape index (κ1) is 18.8. The zero-order chi connectivity index (χ0) is 19.7. The highest BCUT2D eigenvalue weighted by Gasteiger charge is 2.25. The van der Waals surface area contributed by atoms with Crippen molar-refractivity contribution in [1.82, 2.24) is 9.88 Å². The Morgan fingerprint density at radius 1 is 1.11 bits per heavy atom. The van der Waals surface area contributed by atoms with Gasteiger partial charge in [-0.15, -0.1) is 0 Å². The highest BCUT2D eigenvalue weighted by Crippen LogP contribution is 2.35. The summed E-state index contributed by atoms with van der Waals surface area (Å²) in [5.41, 5.74) is 7.22. The quantitative estimate of drug-likeness (QED) is 0.680. The van der Waals surface area contributed by atoms with Crippen LogP contribution < -0.4 is 5.32 Å². The third kappa shape index (κ3) is 3.83.